The van der Waals surface area contributed by atoms with Crippen LogP contribution in [0.5, 0.6) is 0 Å². The summed E-state index contributed by atoms with van der Waals surface area (Å²) in [6, 6.07) is 2.68. The van der Waals surface area contributed by atoms with E-state index in [-0.39, 0.29) is 0 Å². The maximum absolute atomic E-state index is 5.81. The Bertz CT molecular complexity index is 570. The van der Waals surface area contributed by atoms with Gasteiger partial charge in [0.25, 0.3) is 0 Å². The number of rotatable bonds is 2. The van der Waals surface area contributed by atoms with E-state index in [2.05, 4.69) is 28.3 Å². The van der Waals surface area contributed by atoms with E-state index in [1.807, 2.05) is 0 Å². The summed E-state index contributed by atoms with van der Waals surface area (Å²) >= 11 is 1.68. The third kappa shape index (κ3) is 2.81. The molecule has 2 aromatic heterocycles. The van der Waals surface area contributed by atoms with Gasteiger partial charge >= 0.3 is 0 Å². The summed E-state index contributed by atoms with van der Waals surface area (Å²) in [5, 5.41) is 4.71. The standard InChI is InChI=1S/C14H20N4S/c1-9-8-11-12(17-14(15)18-13(11)19-9)16-10-6-4-2-3-5-7-10/h8,10H,2-7H2,1H3,(H3,15,16,17,18). The maximum Gasteiger partial charge on any atom is 0.223 e. The molecule has 3 rings (SSSR count). The molecular formula is C14H20N4S. The summed E-state index contributed by atoms with van der Waals surface area (Å²) in [4.78, 5) is 11.0. The lowest BCUT2D eigenvalue weighted by atomic mass is 10.1. The molecule has 1 aliphatic rings. The van der Waals surface area contributed by atoms with Crippen LogP contribution in [-0.2, 0) is 0 Å². The van der Waals surface area contributed by atoms with Crippen molar-refractivity contribution < 1.29 is 0 Å². The SMILES string of the molecule is Cc1cc2c(NC3CCCCCC3)nc(N)nc2s1. The highest BCUT2D eigenvalue weighted by atomic mass is 32.1. The van der Waals surface area contributed by atoms with Crippen molar-refractivity contribution >= 4 is 33.3 Å². The molecule has 0 bridgehead atoms. The number of aromatic nitrogens is 2. The lowest BCUT2D eigenvalue weighted by Crippen LogP contribution is -2.19. The average molecular weight is 276 g/mol. The molecule has 0 unspecified atom stereocenters. The fourth-order valence-electron chi connectivity index (χ4n) is 2.79. The number of thiophene rings is 1. The Morgan fingerprint density at radius 1 is 1.21 bits per heavy atom. The summed E-state index contributed by atoms with van der Waals surface area (Å²) in [6.07, 6.45) is 7.80. The lowest BCUT2D eigenvalue weighted by Gasteiger charge is -2.17. The van der Waals surface area contributed by atoms with Crippen LogP contribution in [0.4, 0.5) is 11.8 Å². The summed E-state index contributed by atoms with van der Waals surface area (Å²) in [7, 11) is 0. The van der Waals surface area contributed by atoms with Gasteiger partial charge in [-0.3, -0.25) is 0 Å². The van der Waals surface area contributed by atoms with Gasteiger partial charge in [-0.2, -0.15) is 4.98 Å². The highest BCUT2D eigenvalue weighted by Crippen LogP contribution is 2.30. The van der Waals surface area contributed by atoms with Gasteiger partial charge in [0.2, 0.25) is 5.95 Å². The van der Waals surface area contributed by atoms with E-state index in [0.29, 0.717) is 12.0 Å². The molecule has 1 saturated carbocycles. The highest BCUT2D eigenvalue weighted by Gasteiger charge is 2.15. The zero-order chi connectivity index (χ0) is 13.2. The first-order valence-corrected chi connectivity index (χ1v) is 7.84. The van der Waals surface area contributed by atoms with Crippen molar-refractivity contribution in [3.05, 3.63) is 10.9 Å². The van der Waals surface area contributed by atoms with E-state index in [4.69, 9.17) is 5.73 Å². The second-order valence-electron chi connectivity index (χ2n) is 5.34. The monoisotopic (exact) mass is 276 g/mol. The number of aryl methyl sites for hydroxylation is 1. The molecule has 1 aliphatic carbocycles. The largest absolute Gasteiger partial charge is 0.368 e. The van der Waals surface area contributed by atoms with E-state index in [1.165, 1.54) is 43.4 Å². The number of nitrogen functional groups attached to an aromatic ring is 1. The minimum Gasteiger partial charge on any atom is -0.368 e. The van der Waals surface area contributed by atoms with Crippen molar-refractivity contribution in [1.29, 1.82) is 0 Å². The maximum atomic E-state index is 5.81. The van der Waals surface area contributed by atoms with Gasteiger partial charge in [-0.25, -0.2) is 4.98 Å². The Morgan fingerprint density at radius 3 is 2.68 bits per heavy atom. The molecule has 0 spiro atoms. The van der Waals surface area contributed by atoms with Gasteiger partial charge in [0.05, 0.1) is 5.39 Å². The van der Waals surface area contributed by atoms with Crippen molar-refractivity contribution in [1.82, 2.24) is 9.97 Å². The first kappa shape index (κ1) is 12.7. The van der Waals surface area contributed by atoms with Crippen molar-refractivity contribution in [2.75, 3.05) is 11.1 Å². The van der Waals surface area contributed by atoms with Crippen LogP contribution in [0.25, 0.3) is 10.2 Å². The van der Waals surface area contributed by atoms with E-state index in [0.717, 1.165) is 16.0 Å². The van der Waals surface area contributed by atoms with Gasteiger partial charge in [0.1, 0.15) is 10.6 Å². The molecule has 4 nitrogen and oxygen atoms in total. The van der Waals surface area contributed by atoms with Crippen molar-refractivity contribution in [3.63, 3.8) is 0 Å². The number of anilines is 2. The molecule has 19 heavy (non-hydrogen) atoms. The zero-order valence-electron chi connectivity index (χ0n) is 11.3. The topological polar surface area (TPSA) is 63.8 Å². The van der Waals surface area contributed by atoms with Crippen LogP contribution < -0.4 is 11.1 Å². The van der Waals surface area contributed by atoms with Crippen molar-refractivity contribution in [2.45, 2.75) is 51.5 Å². The number of nitrogens with one attached hydrogen (secondary N) is 1. The van der Waals surface area contributed by atoms with Crippen LogP contribution in [-0.4, -0.2) is 16.0 Å². The molecule has 0 saturated heterocycles. The molecule has 1 fully saturated rings. The number of fused-ring (bicyclic) bond motifs is 1. The first-order valence-electron chi connectivity index (χ1n) is 7.02. The van der Waals surface area contributed by atoms with Gasteiger partial charge in [0, 0.05) is 10.9 Å². The first-order chi connectivity index (χ1) is 9.22. The fraction of sp³-hybridized carbons (Fsp3) is 0.571. The van der Waals surface area contributed by atoms with Crippen LogP contribution in [0.15, 0.2) is 6.07 Å². The fourth-order valence-corrected chi connectivity index (χ4v) is 3.67. The molecule has 0 aliphatic heterocycles. The number of hydrogen-bond donors (Lipinski definition) is 2. The zero-order valence-corrected chi connectivity index (χ0v) is 12.1. The Hall–Kier alpha value is -1.36. The minimum absolute atomic E-state index is 0.366. The molecule has 0 radical (unpaired) electrons. The molecule has 2 aromatic rings. The van der Waals surface area contributed by atoms with E-state index < -0.39 is 0 Å². The van der Waals surface area contributed by atoms with Gasteiger partial charge in [-0.05, 0) is 25.8 Å². The number of hydrogen-bond acceptors (Lipinski definition) is 5. The molecule has 2 heterocycles. The molecule has 0 amide bonds. The Morgan fingerprint density at radius 2 is 1.95 bits per heavy atom. The number of nitrogens with two attached hydrogens (primary N) is 1. The number of nitrogens with zero attached hydrogens (tertiary/aromatic N) is 2. The summed E-state index contributed by atoms with van der Waals surface area (Å²) < 4.78 is 0. The van der Waals surface area contributed by atoms with Crippen LogP contribution in [0.2, 0.25) is 0 Å². The second-order valence-corrected chi connectivity index (χ2v) is 6.57. The van der Waals surface area contributed by atoms with E-state index in [1.54, 1.807) is 11.3 Å². The summed E-state index contributed by atoms with van der Waals surface area (Å²) in [5.74, 6) is 1.28. The van der Waals surface area contributed by atoms with Gasteiger partial charge in [-0.1, -0.05) is 25.7 Å². The molecule has 102 valence electrons. The summed E-state index contributed by atoms with van der Waals surface area (Å²) in [5.41, 5.74) is 5.81. The molecular weight excluding hydrogens is 256 g/mol. The minimum atomic E-state index is 0.366. The molecule has 5 heteroatoms. The van der Waals surface area contributed by atoms with Crippen LogP contribution >= 0.6 is 11.3 Å². The van der Waals surface area contributed by atoms with Gasteiger partial charge < -0.3 is 11.1 Å². The molecule has 0 atom stereocenters. The summed E-state index contributed by atoms with van der Waals surface area (Å²) in [6.45, 7) is 2.10. The van der Waals surface area contributed by atoms with Gasteiger partial charge in [0.15, 0.2) is 0 Å². The average Bonchev–Trinajstić information content (AvgIpc) is 2.59. The van der Waals surface area contributed by atoms with E-state index in [9.17, 15) is 0 Å². The van der Waals surface area contributed by atoms with Crippen molar-refractivity contribution in [2.24, 2.45) is 0 Å². The van der Waals surface area contributed by atoms with Crippen LogP contribution in [0, 0.1) is 6.92 Å². The third-order valence-electron chi connectivity index (χ3n) is 3.73. The van der Waals surface area contributed by atoms with E-state index >= 15 is 0 Å². The van der Waals surface area contributed by atoms with Crippen molar-refractivity contribution in [3.8, 4) is 0 Å². The van der Waals surface area contributed by atoms with Crippen LogP contribution in [0.1, 0.15) is 43.4 Å². The van der Waals surface area contributed by atoms with Gasteiger partial charge in [-0.15, -0.1) is 11.3 Å². The Kier molecular flexibility index (Phi) is 3.55. The third-order valence-corrected chi connectivity index (χ3v) is 4.67. The second kappa shape index (κ2) is 5.33. The normalized spacial score (nSPS) is 17.5. The predicted octanol–water partition coefficient (Wildman–Crippen LogP) is 3.72. The smallest absolute Gasteiger partial charge is 0.223 e. The molecule has 0 aromatic carbocycles. The Balaban J connectivity index is 1.90. The quantitative estimate of drug-likeness (QED) is 0.821. The highest BCUT2D eigenvalue weighted by molar-refractivity contribution is 7.18. The Labute approximate surface area is 117 Å². The van der Waals surface area contributed by atoms with Crippen LogP contribution in [0.3, 0.4) is 0 Å². The lowest BCUT2D eigenvalue weighted by molar-refractivity contribution is 0.618. The predicted molar refractivity (Wildman–Crippen MR) is 81.7 cm³/mol. The molecule has 3 N–H and O–H groups in total.